The number of piperidine rings is 1. The van der Waals surface area contributed by atoms with Gasteiger partial charge in [0, 0.05) is 12.6 Å². The van der Waals surface area contributed by atoms with Crippen LogP contribution in [0, 0.1) is 11.6 Å². The number of ether oxygens (including phenoxy) is 1. The van der Waals surface area contributed by atoms with Crippen molar-refractivity contribution in [1.82, 2.24) is 4.90 Å². The number of carboxylic acid groups (broad SMARTS) is 1. The molecule has 1 aromatic carbocycles. The molecule has 0 unspecified atom stereocenters. The summed E-state index contributed by atoms with van der Waals surface area (Å²) in [5.41, 5.74) is 0. The van der Waals surface area contributed by atoms with Gasteiger partial charge in [0.25, 0.3) is 5.91 Å². The monoisotopic (exact) mass is 299 g/mol. The van der Waals surface area contributed by atoms with Gasteiger partial charge in [-0.05, 0) is 31.4 Å². The fraction of sp³-hybridized carbons (Fsp3) is 0.429. The Bertz CT molecular complexity index is 550. The van der Waals surface area contributed by atoms with E-state index in [0.717, 1.165) is 25.0 Å². The number of likely N-dealkylation sites (tertiary alicyclic amines) is 1. The maximum atomic E-state index is 13.4. The number of hydrogen-bond acceptors (Lipinski definition) is 3. The Morgan fingerprint density at radius 3 is 2.76 bits per heavy atom. The number of hydrogen-bond donors (Lipinski definition) is 1. The lowest BCUT2D eigenvalue weighted by molar-refractivity contribution is -0.152. The zero-order valence-corrected chi connectivity index (χ0v) is 11.2. The normalized spacial score (nSPS) is 18.4. The molecule has 1 N–H and O–H groups in total. The third kappa shape index (κ3) is 3.68. The van der Waals surface area contributed by atoms with E-state index in [0.29, 0.717) is 19.0 Å². The molecule has 0 aliphatic carbocycles. The van der Waals surface area contributed by atoms with Crippen molar-refractivity contribution in [1.29, 1.82) is 0 Å². The Morgan fingerprint density at radius 2 is 2.10 bits per heavy atom. The molecule has 0 aromatic heterocycles. The summed E-state index contributed by atoms with van der Waals surface area (Å²) < 4.78 is 31.1. The van der Waals surface area contributed by atoms with Crippen LogP contribution in [0.2, 0.25) is 0 Å². The minimum Gasteiger partial charge on any atom is -0.481 e. The van der Waals surface area contributed by atoms with Crippen LogP contribution in [0.4, 0.5) is 8.78 Å². The molecule has 1 aliphatic heterocycles. The zero-order valence-electron chi connectivity index (χ0n) is 11.2. The molecular weight excluding hydrogens is 284 g/mol. The molecular formula is C14H15F2NO4. The lowest BCUT2D eigenvalue weighted by atomic mass is 10.0. The van der Waals surface area contributed by atoms with E-state index < -0.39 is 36.2 Å². The SMILES string of the molecule is O=C(O)[C@@H]1CCCCN1C(=O)COc1ccc(F)cc1F. The number of halogens is 2. The van der Waals surface area contributed by atoms with Crippen LogP contribution < -0.4 is 4.74 Å². The Balaban J connectivity index is 1.98. The van der Waals surface area contributed by atoms with Crippen molar-refractivity contribution in [2.45, 2.75) is 25.3 Å². The van der Waals surface area contributed by atoms with Gasteiger partial charge in [-0.1, -0.05) is 0 Å². The van der Waals surface area contributed by atoms with E-state index in [1.165, 1.54) is 4.90 Å². The maximum absolute atomic E-state index is 13.4. The predicted molar refractivity (Wildman–Crippen MR) is 68.8 cm³/mol. The van der Waals surface area contributed by atoms with Gasteiger partial charge >= 0.3 is 5.97 Å². The maximum Gasteiger partial charge on any atom is 0.326 e. The molecule has 1 saturated heterocycles. The Labute approximate surface area is 120 Å². The smallest absolute Gasteiger partial charge is 0.326 e. The van der Waals surface area contributed by atoms with Crippen LogP contribution in [0.1, 0.15) is 19.3 Å². The van der Waals surface area contributed by atoms with Crippen LogP contribution in [-0.4, -0.2) is 41.1 Å². The largest absolute Gasteiger partial charge is 0.481 e. The lowest BCUT2D eigenvalue weighted by Crippen LogP contribution is -2.49. The molecule has 7 heteroatoms. The van der Waals surface area contributed by atoms with E-state index in [9.17, 15) is 18.4 Å². The van der Waals surface area contributed by atoms with E-state index in [1.54, 1.807) is 0 Å². The second kappa shape index (κ2) is 6.51. The first-order valence-corrected chi connectivity index (χ1v) is 6.59. The number of amides is 1. The molecule has 0 radical (unpaired) electrons. The fourth-order valence-corrected chi connectivity index (χ4v) is 2.30. The first-order chi connectivity index (χ1) is 9.99. The van der Waals surface area contributed by atoms with E-state index in [4.69, 9.17) is 9.84 Å². The molecule has 0 bridgehead atoms. The highest BCUT2D eigenvalue weighted by Crippen LogP contribution is 2.20. The minimum absolute atomic E-state index is 0.242. The van der Waals surface area contributed by atoms with Gasteiger partial charge < -0.3 is 14.7 Å². The highest BCUT2D eigenvalue weighted by Gasteiger charge is 2.32. The molecule has 2 rings (SSSR count). The summed E-state index contributed by atoms with van der Waals surface area (Å²) in [6, 6.07) is 1.89. The van der Waals surface area contributed by atoms with Crippen LogP contribution in [0.5, 0.6) is 5.75 Å². The van der Waals surface area contributed by atoms with Crippen molar-refractivity contribution in [3.63, 3.8) is 0 Å². The van der Waals surface area contributed by atoms with Crippen molar-refractivity contribution < 1.29 is 28.2 Å². The molecule has 0 saturated carbocycles. The van der Waals surface area contributed by atoms with Crippen LogP contribution in [0.25, 0.3) is 0 Å². The molecule has 5 nitrogen and oxygen atoms in total. The van der Waals surface area contributed by atoms with Crippen molar-refractivity contribution >= 4 is 11.9 Å². The van der Waals surface area contributed by atoms with Crippen LogP contribution in [0.3, 0.4) is 0 Å². The molecule has 114 valence electrons. The topological polar surface area (TPSA) is 66.8 Å². The number of carbonyl (C=O) groups is 2. The third-order valence-electron chi connectivity index (χ3n) is 3.35. The Hall–Kier alpha value is -2.18. The fourth-order valence-electron chi connectivity index (χ4n) is 2.30. The van der Waals surface area contributed by atoms with Gasteiger partial charge in [0.1, 0.15) is 11.9 Å². The summed E-state index contributed by atoms with van der Waals surface area (Å²) in [5.74, 6) is -3.47. The quantitative estimate of drug-likeness (QED) is 0.920. The molecule has 0 spiro atoms. The van der Waals surface area contributed by atoms with Crippen LogP contribution >= 0.6 is 0 Å². The molecule has 1 aliphatic rings. The van der Waals surface area contributed by atoms with Gasteiger partial charge in [0.05, 0.1) is 0 Å². The van der Waals surface area contributed by atoms with E-state index >= 15 is 0 Å². The molecule has 1 aromatic rings. The van der Waals surface area contributed by atoms with Crippen molar-refractivity contribution in [3.8, 4) is 5.75 Å². The number of carbonyl (C=O) groups excluding carboxylic acids is 1. The van der Waals surface area contributed by atoms with Crippen molar-refractivity contribution in [3.05, 3.63) is 29.8 Å². The number of aliphatic carboxylic acids is 1. The Kier molecular flexibility index (Phi) is 4.72. The third-order valence-corrected chi connectivity index (χ3v) is 3.35. The van der Waals surface area contributed by atoms with Gasteiger partial charge in [-0.15, -0.1) is 0 Å². The zero-order chi connectivity index (χ0) is 15.4. The van der Waals surface area contributed by atoms with Gasteiger partial charge in [0.15, 0.2) is 18.2 Å². The molecule has 1 amide bonds. The van der Waals surface area contributed by atoms with Gasteiger partial charge in [0.2, 0.25) is 0 Å². The summed E-state index contributed by atoms with van der Waals surface area (Å²) in [6.07, 6.45) is 1.86. The van der Waals surface area contributed by atoms with Crippen LogP contribution in [0.15, 0.2) is 18.2 Å². The lowest BCUT2D eigenvalue weighted by Gasteiger charge is -2.32. The number of benzene rings is 1. The highest BCUT2D eigenvalue weighted by atomic mass is 19.1. The van der Waals surface area contributed by atoms with Crippen molar-refractivity contribution in [2.75, 3.05) is 13.2 Å². The van der Waals surface area contributed by atoms with Gasteiger partial charge in [-0.3, -0.25) is 4.79 Å². The average Bonchev–Trinajstić information content (AvgIpc) is 2.46. The van der Waals surface area contributed by atoms with E-state index in [-0.39, 0.29) is 5.75 Å². The minimum atomic E-state index is -1.06. The first-order valence-electron chi connectivity index (χ1n) is 6.59. The summed E-state index contributed by atoms with van der Waals surface area (Å²) in [5, 5.41) is 9.08. The molecule has 1 fully saturated rings. The molecule has 1 atom stereocenters. The standard InChI is InChI=1S/C14H15F2NO4/c15-9-4-5-12(10(16)7-9)21-8-13(18)17-6-2-1-3-11(17)14(19)20/h4-5,7,11H,1-3,6,8H2,(H,19,20)/t11-/m0/s1. The summed E-state index contributed by atoms with van der Waals surface area (Å²) in [7, 11) is 0. The Morgan fingerprint density at radius 1 is 1.33 bits per heavy atom. The van der Waals surface area contributed by atoms with Gasteiger partial charge in [-0.25, -0.2) is 13.6 Å². The number of rotatable bonds is 4. The van der Waals surface area contributed by atoms with Gasteiger partial charge in [-0.2, -0.15) is 0 Å². The summed E-state index contributed by atoms with van der Waals surface area (Å²) in [6.45, 7) is -0.141. The second-order valence-electron chi connectivity index (χ2n) is 4.80. The molecule has 1 heterocycles. The number of carboxylic acids is 1. The van der Waals surface area contributed by atoms with Crippen LogP contribution in [-0.2, 0) is 9.59 Å². The van der Waals surface area contributed by atoms with Crippen molar-refractivity contribution in [2.24, 2.45) is 0 Å². The summed E-state index contributed by atoms with van der Waals surface area (Å²) >= 11 is 0. The van der Waals surface area contributed by atoms with E-state index in [2.05, 4.69) is 0 Å². The number of nitrogens with zero attached hydrogens (tertiary/aromatic N) is 1. The molecule has 21 heavy (non-hydrogen) atoms. The van der Waals surface area contributed by atoms with E-state index in [1.807, 2.05) is 0 Å². The highest BCUT2D eigenvalue weighted by molar-refractivity contribution is 5.84. The predicted octanol–water partition coefficient (Wildman–Crippen LogP) is 1.81. The summed E-state index contributed by atoms with van der Waals surface area (Å²) in [4.78, 5) is 24.3. The second-order valence-corrected chi connectivity index (χ2v) is 4.80. The first kappa shape index (κ1) is 15.2. The average molecular weight is 299 g/mol.